The standard InChI is InChI=1S/C17H28BNO5S/c1-16(2,20)17(3,4)24-18(21)14-8-10-15(11-9-14)25(22,23)19-12-6-5-7-13-19/h8-11,20-21H,5-7,12-13H2,1-4H3. The molecular formula is C17H28BNO5S. The second-order valence-electron chi connectivity index (χ2n) is 7.57. The zero-order chi connectivity index (χ0) is 18.9. The van der Waals surface area contributed by atoms with E-state index in [9.17, 15) is 18.5 Å². The number of benzene rings is 1. The summed E-state index contributed by atoms with van der Waals surface area (Å²) in [6.45, 7) is 7.68. The normalized spacial score (nSPS) is 17.5. The van der Waals surface area contributed by atoms with Crippen molar-refractivity contribution < 1.29 is 23.2 Å². The van der Waals surface area contributed by atoms with Crippen LogP contribution in [-0.4, -0.2) is 54.3 Å². The number of aliphatic hydroxyl groups is 1. The van der Waals surface area contributed by atoms with Crippen molar-refractivity contribution in [1.82, 2.24) is 4.31 Å². The SMILES string of the molecule is CC(C)(O)C(C)(C)OB(O)c1ccc(S(=O)(=O)N2CCCCC2)cc1. The first kappa shape index (κ1) is 20.4. The lowest BCUT2D eigenvalue weighted by atomic mass is 9.76. The molecule has 0 radical (unpaired) electrons. The fraction of sp³-hybridized carbons (Fsp3) is 0.647. The van der Waals surface area contributed by atoms with Gasteiger partial charge in [-0.25, -0.2) is 8.42 Å². The molecule has 1 heterocycles. The second kappa shape index (κ2) is 7.36. The summed E-state index contributed by atoms with van der Waals surface area (Å²) in [5.74, 6) is 0. The first-order valence-electron chi connectivity index (χ1n) is 8.63. The molecule has 1 aliphatic heterocycles. The summed E-state index contributed by atoms with van der Waals surface area (Å²) in [6, 6.07) is 6.07. The van der Waals surface area contributed by atoms with Crippen molar-refractivity contribution in [1.29, 1.82) is 0 Å². The predicted octanol–water partition coefficient (Wildman–Crippen LogP) is 1.11. The van der Waals surface area contributed by atoms with Crippen LogP contribution in [0.4, 0.5) is 0 Å². The van der Waals surface area contributed by atoms with Crippen LogP contribution in [0, 0.1) is 0 Å². The summed E-state index contributed by atoms with van der Waals surface area (Å²) in [4.78, 5) is 0.215. The van der Waals surface area contributed by atoms with Crippen molar-refractivity contribution in [3.8, 4) is 0 Å². The monoisotopic (exact) mass is 369 g/mol. The molecule has 0 amide bonds. The minimum atomic E-state index is -3.49. The van der Waals surface area contributed by atoms with E-state index in [0.717, 1.165) is 19.3 Å². The third-order valence-electron chi connectivity index (χ3n) is 5.00. The average molecular weight is 369 g/mol. The van der Waals surface area contributed by atoms with Gasteiger partial charge in [0.2, 0.25) is 10.0 Å². The van der Waals surface area contributed by atoms with Crippen molar-refractivity contribution in [2.24, 2.45) is 0 Å². The summed E-state index contributed by atoms with van der Waals surface area (Å²) in [7, 11) is -4.75. The van der Waals surface area contributed by atoms with Crippen molar-refractivity contribution >= 4 is 22.6 Å². The Bertz CT molecular complexity index is 676. The zero-order valence-corrected chi connectivity index (χ0v) is 16.2. The average Bonchev–Trinajstić information content (AvgIpc) is 2.54. The molecule has 0 aromatic heterocycles. The highest BCUT2D eigenvalue weighted by Gasteiger charge is 2.39. The molecule has 2 rings (SSSR count). The third-order valence-corrected chi connectivity index (χ3v) is 6.91. The molecule has 25 heavy (non-hydrogen) atoms. The van der Waals surface area contributed by atoms with E-state index in [1.54, 1.807) is 39.8 Å². The molecule has 0 unspecified atom stereocenters. The molecule has 0 bridgehead atoms. The smallest absolute Gasteiger partial charge is 0.423 e. The first-order valence-corrected chi connectivity index (χ1v) is 10.1. The summed E-state index contributed by atoms with van der Waals surface area (Å²) in [5.41, 5.74) is -1.69. The second-order valence-corrected chi connectivity index (χ2v) is 9.51. The van der Waals surface area contributed by atoms with Crippen LogP contribution >= 0.6 is 0 Å². The highest BCUT2D eigenvalue weighted by molar-refractivity contribution is 7.89. The van der Waals surface area contributed by atoms with Gasteiger partial charge in [-0.05, 0) is 58.1 Å². The minimum absolute atomic E-state index is 0.215. The van der Waals surface area contributed by atoms with Crippen LogP contribution in [0.1, 0.15) is 47.0 Å². The molecule has 0 spiro atoms. The Morgan fingerprint density at radius 2 is 1.56 bits per heavy atom. The molecule has 1 fully saturated rings. The molecule has 1 saturated heterocycles. The number of sulfonamides is 1. The van der Waals surface area contributed by atoms with Crippen molar-refractivity contribution in [3.05, 3.63) is 24.3 Å². The van der Waals surface area contributed by atoms with E-state index in [-0.39, 0.29) is 4.90 Å². The number of hydrogen-bond donors (Lipinski definition) is 2. The highest BCUT2D eigenvalue weighted by Crippen LogP contribution is 2.25. The van der Waals surface area contributed by atoms with Gasteiger partial charge >= 0.3 is 7.12 Å². The number of piperidine rings is 1. The Balaban J connectivity index is 2.14. The van der Waals surface area contributed by atoms with E-state index in [1.165, 1.54) is 16.4 Å². The lowest BCUT2D eigenvalue weighted by Crippen LogP contribution is -2.53. The minimum Gasteiger partial charge on any atom is -0.423 e. The molecule has 2 N–H and O–H groups in total. The Morgan fingerprint density at radius 1 is 1.04 bits per heavy atom. The van der Waals surface area contributed by atoms with Crippen LogP contribution in [0.15, 0.2) is 29.2 Å². The summed E-state index contributed by atoms with van der Waals surface area (Å²) < 4.78 is 32.3. The van der Waals surface area contributed by atoms with Gasteiger partial charge < -0.3 is 14.8 Å². The van der Waals surface area contributed by atoms with Crippen LogP contribution in [0.5, 0.6) is 0 Å². The van der Waals surface area contributed by atoms with Gasteiger partial charge in [0.15, 0.2) is 0 Å². The molecule has 140 valence electrons. The molecule has 0 aliphatic carbocycles. The van der Waals surface area contributed by atoms with Gasteiger partial charge in [-0.15, -0.1) is 0 Å². The highest BCUT2D eigenvalue weighted by atomic mass is 32.2. The van der Waals surface area contributed by atoms with Crippen LogP contribution in [0.2, 0.25) is 0 Å². The van der Waals surface area contributed by atoms with E-state index in [4.69, 9.17) is 4.65 Å². The topological polar surface area (TPSA) is 87.1 Å². The quantitative estimate of drug-likeness (QED) is 0.734. The van der Waals surface area contributed by atoms with E-state index in [1.807, 2.05) is 0 Å². The van der Waals surface area contributed by atoms with Gasteiger partial charge in [0, 0.05) is 13.1 Å². The predicted molar refractivity (Wildman–Crippen MR) is 98.1 cm³/mol. The van der Waals surface area contributed by atoms with Gasteiger partial charge in [-0.3, -0.25) is 0 Å². The van der Waals surface area contributed by atoms with Gasteiger partial charge in [-0.2, -0.15) is 4.31 Å². The van der Waals surface area contributed by atoms with Crippen LogP contribution in [-0.2, 0) is 14.7 Å². The molecule has 1 aliphatic rings. The van der Waals surface area contributed by atoms with Gasteiger partial charge in [-0.1, -0.05) is 18.6 Å². The molecule has 0 atom stereocenters. The largest absolute Gasteiger partial charge is 0.491 e. The maximum atomic E-state index is 12.6. The molecular weight excluding hydrogens is 341 g/mol. The first-order chi connectivity index (χ1) is 11.4. The zero-order valence-electron chi connectivity index (χ0n) is 15.4. The summed E-state index contributed by atoms with van der Waals surface area (Å²) >= 11 is 0. The van der Waals surface area contributed by atoms with E-state index < -0.39 is 28.3 Å². The molecule has 0 saturated carbocycles. The van der Waals surface area contributed by atoms with E-state index in [0.29, 0.717) is 18.6 Å². The van der Waals surface area contributed by atoms with Crippen LogP contribution in [0.3, 0.4) is 0 Å². The molecule has 8 heteroatoms. The lowest BCUT2D eigenvalue weighted by molar-refractivity contribution is -0.0982. The molecule has 1 aromatic rings. The Kier molecular flexibility index (Phi) is 6.01. The van der Waals surface area contributed by atoms with Crippen molar-refractivity contribution in [2.75, 3.05) is 13.1 Å². The van der Waals surface area contributed by atoms with Gasteiger partial charge in [0.25, 0.3) is 0 Å². The lowest BCUT2D eigenvalue weighted by Gasteiger charge is -2.38. The molecule has 1 aromatic carbocycles. The van der Waals surface area contributed by atoms with Crippen molar-refractivity contribution in [3.63, 3.8) is 0 Å². The Hall–Kier alpha value is -0.925. The fourth-order valence-corrected chi connectivity index (χ4v) is 4.07. The van der Waals surface area contributed by atoms with Gasteiger partial charge in [0.1, 0.15) is 0 Å². The van der Waals surface area contributed by atoms with E-state index >= 15 is 0 Å². The number of rotatable bonds is 6. The number of nitrogens with zero attached hydrogens (tertiary/aromatic N) is 1. The molecule has 6 nitrogen and oxygen atoms in total. The van der Waals surface area contributed by atoms with Gasteiger partial charge in [0.05, 0.1) is 16.1 Å². The third kappa shape index (κ3) is 4.62. The van der Waals surface area contributed by atoms with Crippen LogP contribution in [0.25, 0.3) is 0 Å². The van der Waals surface area contributed by atoms with E-state index in [2.05, 4.69) is 0 Å². The maximum absolute atomic E-state index is 12.6. The van der Waals surface area contributed by atoms with Crippen LogP contribution < -0.4 is 5.46 Å². The summed E-state index contributed by atoms with van der Waals surface area (Å²) in [6.07, 6.45) is 2.83. The van der Waals surface area contributed by atoms with Crippen molar-refractivity contribution in [2.45, 2.75) is 63.1 Å². The number of hydrogen-bond acceptors (Lipinski definition) is 5. The summed E-state index contributed by atoms with van der Waals surface area (Å²) in [5, 5.41) is 20.4. The Morgan fingerprint density at radius 3 is 2.04 bits per heavy atom. The Labute approximate surface area is 151 Å². The fourth-order valence-electron chi connectivity index (χ4n) is 2.55. The maximum Gasteiger partial charge on any atom is 0.491 e.